The fraction of sp³-hybridized carbons (Fsp3) is 0.550. The molecule has 0 bridgehead atoms. The molecule has 0 aliphatic carbocycles. The first-order chi connectivity index (χ1) is 13.2. The molecule has 2 aliphatic rings. The van der Waals surface area contributed by atoms with Crippen molar-refractivity contribution in [3.05, 3.63) is 35.4 Å². The summed E-state index contributed by atoms with van der Waals surface area (Å²) in [6.45, 7) is 8.74. The molecule has 2 amide bonds. The molecule has 2 N–H and O–H groups in total. The quantitative estimate of drug-likeness (QED) is 0.429. The Bertz CT molecular complexity index is 683. The molecule has 1 aromatic carbocycles. The standard InChI is InChI=1S/C20H29N5O2/c1-3-21-20(23-14-15-8-7-12-24(15)4-2)22-11-13-25-18(26)16-9-5-6-10-17(16)19(25)27/h5-6,9-10,15H,3-4,7-8,11-14H2,1-2H3,(H2,21,22,23). The van der Waals surface area contributed by atoms with E-state index < -0.39 is 0 Å². The van der Waals surface area contributed by atoms with E-state index in [9.17, 15) is 9.59 Å². The third-order valence-electron chi connectivity index (χ3n) is 5.22. The Hall–Kier alpha value is -2.41. The number of likely N-dealkylation sites (N-methyl/N-ethyl adjacent to an activating group) is 1. The molecule has 0 spiro atoms. The lowest BCUT2D eigenvalue weighted by molar-refractivity contribution is 0.0657. The van der Waals surface area contributed by atoms with Crippen LogP contribution in [0.1, 0.15) is 47.4 Å². The molecule has 0 radical (unpaired) electrons. The molecule has 27 heavy (non-hydrogen) atoms. The highest BCUT2D eigenvalue weighted by Gasteiger charge is 2.34. The summed E-state index contributed by atoms with van der Waals surface area (Å²) in [5.74, 6) is 0.296. The molecule has 0 aromatic heterocycles. The van der Waals surface area contributed by atoms with E-state index >= 15 is 0 Å². The normalized spacial score (nSPS) is 20.3. The number of fused-ring (bicyclic) bond motifs is 1. The van der Waals surface area contributed by atoms with Crippen LogP contribution in [0.15, 0.2) is 29.3 Å². The molecule has 3 rings (SSSR count). The van der Waals surface area contributed by atoms with Crippen molar-refractivity contribution in [1.82, 2.24) is 20.4 Å². The highest BCUT2D eigenvalue weighted by Crippen LogP contribution is 2.21. The molecule has 146 valence electrons. The summed E-state index contributed by atoms with van der Waals surface area (Å²) in [5.41, 5.74) is 0.980. The first kappa shape index (κ1) is 19.4. The minimum absolute atomic E-state index is 0.219. The maximum atomic E-state index is 12.4. The largest absolute Gasteiger partial charge is 0.357 e. The van der Waals surface area contributed by atoms with Crippen LogP contribution in [0.2, 0.25) is 0 Å². The van der Waals surface area contributed by atoms with E-state index in [0.717, 1.165) is 32.1 Å². The molecule has 1 atom stereocenters. The second kappa shape index (κ2) is 8.99. The molecule has 2 heterocycles. The van der Waals surface area contributed by atoms with Crippen molar-refractivity contribution in [2.24, 2.45) is 4.99 Å². The number of aliphatic imine (C=N–C) groups is 1. The first-order valence-electron chi connectivity index (χ1n) is 9.87. The molecular weight excluding hydrogens is 342 g/mol. The van der Waals surface area contributed by atoms with Gasteiger partial charge in [0.15, 0.2) is 5.96 Å². The van der Waals surface area contributed by atoms with Crippen molar-refractivity contribution in [2.75, 3.05) is 39.3 Å². The zero-order valence-corrected chi connectivity index (χ0v) is 16.2. The molecule has 1 saturated heterocycles. The lowest BCUT2D eigenvalue weighted by Gasteiger charge is -2.22. The number of rotatable bonds is 7. The van der Waals surface area contributed by atoms with Crippen LogP contribution >= 0.6 is 0 Å². The van der Waals surface area contributed by atoms with Gasteiger partial charge in [0.2, 0.25) is 0 Å². The van der Waals surface area contributed by atoms with Crippen LogP contribution in [-0.2, 0) is 0 Å². The third kappa shape index (κ3) is 4.30. The van der Waals surface area contributed by atoms with Gasteiger partial charge < -0.3 is 10.6 Å². The van der Waals surface area contributed by atoms with E-state index in [1.807, 2.05) is 6.92 Å². The zero-order chi connectivity index (χ0) is 19.2. The van der Waals surface area contributed by atoms with Crippen molar-refractivity contribution >= 4 is 17.8 Å². The highest BCUT2D eigenvalue weighted by atomic mass is 16.2. The van der Waals surface area contributed by atoms with Crippen molar-refractivity contribution < 1.29 is 9.59 Å². The second-order valence-electron chi connectivity index (χ2n) is 6.88. The Kier molecular flexibility index (Phi) is 6.45. The maximum Gasteiger partial charge on any atom is 0.261 e. The number of carbonyl (C=O) groups is 2. The Morgan fingerprint density at radius 3 is 2.48 bits per heavy atom. The monoisotopic (exact) mass is 371 g/mol. The molecule has 1 fully saturated rings. The molecule has 0 saturated carbocycles. The van der Waals surface area contributed by atoms with Crippen LogP contribution in [0.3, 0.4) is 0 Å². The first-order valence-corrected chi connectivity index (χ1v) is 9.87. The van der Waals surface area contributed by atoms with Gasteiger partial charge >= 0.3 is 0 Å². The Balaban J connectivity index is 1.53. The van der Waals surface area contributed by atoms with Crippen LogP contribution in [0.25, 0.3) is 0 Å². The minimum Gasteiger partial charge on any atom is -0.357 e. The molecule has 7 nitrogen and oxygen atoms in total. The van der Waals surface area contributed by atoms with Crippen LogP contribution in [0, 0.1) is 0 Å². The molecule has 2 aliphatic heterocycles. The van der Waals surface area contributed by atoms with E-state index in [0.29, 0.717) is 30.3 Å². The number of imide groups is 1. The van der Waals surface area contributed by atoms with Crippen molar-refractivity contribution in [3.63, 3.8) is 0 Å². The number of hydrogen-bond donors (Lipinski definition) is 2. The predicted octanol–water partition coefficient (Wildman–Crippen LogP) is 1.32. The number of nitrogens with zero attached hydrogens (tertiary/aromatic N) is 3. The van der Waals surface area contributed by atoms with E-state index in [1.54, 1.807) is 24.3 Å². The minimum atomic E-state index is -0.219. The van der Waals surface area contributed by atoms with Gasteiger partial charge in [-0.25, -0.2) is 0 Å². The average molecular weight is 371 g/mol. The topological polar surface area (TPSA) is 77.0 Å². The predicted molar refractivity (Wildman–Crippen MR) is 106 cm³/mol. The average Bonchev–Trinajstić information content (AvgIpc) is 3.24. The van der Waals surface area contributed by atoms with Gasteiger partial charge in [-0.3, -0.25) is 24.4 Å². The van der Waals surface area contributed by atoms with Crippen LogP contribution in [0.5, 0.6) is 0 Å². The van der Waals surface area contributed by atoms with E-state index in [1.165, 1.54) is 17.7 Å². The number of nitrogens with one attached hydrogen (secondary N) is 2. The summed E-state index contributed by atoms with van der Waals surface area (Å²) in [6, 6.07) is 7.47. The number of carbonyl (C=O) groups excluding carboxylic acids is 2. The summed E-state index contributed by atoms with van der Waals surface area (Å²) >= 11 is 0. The lowest BCUT2D eigenvalue weighted by Crippen LogP contribution is -2.43. The Morgan fingerprint density at radius 2 is 1.85 bits per heavy atom. The van der Waals surface area contributed by atoms with Crippen LogP contribution in [-0.4, -0.2) is 72.9 Å². The lowest BCUT2D eigenvalue weighted by atomic mass is 10.1. The van der Waals surface area contributed by atoms with Gasteiger partial charge in [-0.15, -0.1) is 0 Å². The van der Waals surface area contributed by atoms with Crippen molar-refractivity contribution in [3.8, 4) is 0 Å². The second-order valence-corrected chi connectivity index (χ2v) is 6.88. The van der Waals surface area contributed by atoms with Crippen molar-refractivity contribution in [2.45, 2.75) is 32.7 Å². The van der Waals surface area contributed by atoms with Gasteiger partial charge in [-0.05, 0) is 45.0 Å². The number of likely N-dealkylation sites (tertiary alicyclic amines) is 1. The molecule has 1 aromatic rings. The van der Waals surface area contributed by atoms with Gasteiger partial charge in [0, 0.05) is 25.7 Å². The number of benzene rings is 1. The zero-order valence-electron chi connectivity index (χ0n) is 16.2. The summed E-state index contributed by atoms with van der Waals surface area (Å²) in [6.07, 6.45) is 2.42. The smallest absolute Gasteiger partial charge is 0.261 e. The third-order valence-corrected chi connectivity index (χ3v) is 5.22. The number of guanidine groups is 1. The van der Waals surface area contributed by atoms with E-state index in [-0.39, 0.29) is 11.8 Å². The summed E-state index contributed by atoms with van der Waals surface area (Å²) in [7, 11) is 0. The van der Waals surface area contributed by atoms with Crippen molar-refractivity contribution in [1.29, 1.82) is 0 Å². The number of hydrogen-bond acceptors (Lipinski definition) is 4. The van der Waals surface area contributed by atoms with Gasteiger partial charge in [0.05, 0.1) is 17.7 Å². The Labute approximate surface area is 160 Å². The maximum absolute atomic E-state index is 12.4. The fourth-order valence-corrected chi connectivity index (χ4v) is 3.78. The summed E-state index contributed by atoms with van der Waals surface area (Å²) in [4.78, 5) is 33.3. The Morgan fingerprint density at radius 1 is 1.15 bits per heavy atom. The highest BCUT2D eigenvalue weighted by molar-refractivity contribution is 6.21. The van der Waals surface area contributed by atoms with Gasteiger partial charge in [-0.1, -0.05) is 19.1 Å². The summed E-state index contributed by atoms with van der Waals surface area (Å²) in [5, 5.41) is 6.48. The van der Waals surface area contributed by atoms with E-state index in [2.05, 4.69) is 22.5 Å². The van der Waals surface area contributed by atoms with Gasteiger partial charge in [0.1, 0.15) is 0 Å². The summed E-state index contributed by atoms with van der Waals surface area (Å²) < 4.78 is 0. The van der Waals surface area contributed by atoms with Crippen LogP contribution < -0.4 is 10.6 Å². The fourth-order valence-electron chi connectivity index (χ4n) is 3.78. The van der Waals surface area contributed by atoms with E-state index in [4.69, 9.17) is 4.99 Å². The van der Waals surface area contributed by atoms with Gasteiger partial charge in [-0.2, -0.15) is 0 Å². The van der Waals surface area contributed by atoms with Crippen LogP contribution in [0.4, 0.5) is 0 Å². The SMILES string of the molecule is CCNC(=NCC1CCCN1CC)NCCN1C(=O)c2ccccc2C1=O. The number of amides is 2. The van der Waals surface area contributed by atoms with Gasteiger partial charge in [0.25, 0.3) is 11.8 Å². The molecular formula is C20H29N5O2. The molecule has 7 heteroatoms. The molecule has 1 unspecified atom stereocenters.